The van der Waals surface area contributed by atoms with E-state index in [1.54, 1.807) is 6.07 Å². The number of halogens is 2. The van der Waals surface area contributed by atoms with Gasteiger partial charge in [0.15, 0.2) is 5.82 Å². The van der Waals surface area contributed by atoms with Crippen LogP contribution in [0.15, 0.2) is 30.3 Å². The van der Waals surface area contributed by atoms with Crippen molar-refractivity contribution >= 4 is 40.5 Å². The van der Waals surface area contributed by atoms with Crippen molar-refractivity contribution in [3.63, 3.8) is 0 Å². The molecule has 3 N–H and O–H groups in total. The first-order chi connectivity index (χ1) is 8.99. The highest BCUT2D eigenvalue weighted by molar-refractivity contribution is 6.37. The highest BCUT2D eigenvalue weighted by Crippen LogP contribution is 2.32. The number of pyridine rings is 1. The van der Waals surface area contributed by atoms with Gasteiger partial charge in [-0.15, -0.1) is 0 Å². The van der Waals surface area contributed by atoms with Gasteiger partial charge in [0.1, 0.15) is 5.82 Å². The van der Waals surface area contributed by atoms with Crippen molar-refractivity contribution < 1.29 is 0 Å². The third-order valence-electron chi connectivity index (χ3n) is 2.79. The third kappa shape index (κ3) is 3.11. The van der Waals surface area contributed by atoms with Gasteiger partial charge in [-0.25, -0.2) is 4.98 Å². The van der Waals surface area contributed by atoms with Gasteiger partial charge in [0.05, 0.1) is 10.0 Å². The summed E-state index contributed by atoms with van der Waals surface area (Å²) in [6.07, 6.45) is 0. The summed E-state index contributed by atoms with van der Waals surface area (Å²) in [7, 11) is 0. The highest BCUT2D eigenvalue weighted by Gasteiger charge is 2.10. The van der Waals surface area contributed by atoms with Crippen molar-refractivity contribution in [1.82, 2.24) is 4.98 Å². The summed E-state index contributed by atoms with van der Waals surface area (Å²) in [6, 6.07) is 9.61. The van der Waals surface area contributed by atoms with E-state index < -0.39 is 0 Å². The van der Waals surface area contributed by atoms with Crippen molar-refractivity contribution in [3.8, 4) is 0 Å². The van der Waals surface area contributed by atoms with Crippen molar-refractivity contribution in [1.29, 1.82) is 0 Å². The molecule has 0 saturated carbocycles. The van der Waals surface area contributed by atoms with E-state index in [0.717, 1.165) is 5.69 Å². The van der Waals surface area contributed by atoms with Crippen LogP contribution in [0.1, 0.15) is 25.3 Å². The van der Waals surface area contributed by atoms with Crippen molar-refractivity contribution in [2.75, 3.05) is 11.1 Å². The lowest BCUT2D eigenvalue weighted by Crippen LogP contribution is -2.02. The zero-order valence-corrected chi connectivity index (χ0v) is 12.3. The predicted octanol–water partition coefficient (Wildman–Crippen LogP) is 4.84. The third-order valence-corrected chi connectivity index (χ3v) is 3.38. The fraction of sp³-hybridized carbons (Fsp3) is 0.214. The number of aromatic nitrogens is 1. The standard InChI is InChI=1S/C14H15Cl2N3/c1-8(2)9-5-3-4-6-12(9)18-14-11(16)7-10(15)13(17)19-14/h3-8H,1-2H3,(H3,17,18,19). The highest BCUT2D eigenvalue weighted by atomic mass is 35.5. The maximum atomic E-state index is 6.12. The van der Waals surface area contributed by atoms with Gasteiger partial charge in [0, 0.05) is 5.69 Å². The number of hydrogen-bond donors (Lipinski definition) is 2. The molecule has 0 radical (unpaired) electrons. The molecule has 0 amide bonds. The number of nitrogens with one attached hydrogen (secondary N) is 1. The molecule has 0 saturated heterocycles. The van der Waals surface area contributed by atoms with Crippen LogP contribution in [0.3, 0.4) is 0 Å². The molecule has 2 rings (SSSR count). The molecule has 1 aromatic heterocycles. The number of para-hydroxylation sites is 1. The summed E-state index contributed by atoms with van der Waals surface area (Å²) in [5.74, 6) is 1.17. The lowest BCUT2D eigenvalue weighted by molar-refractivity contribution is 0.869. The van der Waals surface area contributed by atoms with Crippen molar-refractivity contribution in [2.24, 2.45) is 0 Å². The number of benzene rings is 1. The van der Waals surface area contributed by atoms with Gasteiger partial charge < -0.3 is 11.1 Å². The normalized spacial score (nSPS) is 10.8. The van der Waals surface area contributed by atoms with Crippen LogP contribution in [-0.4, -0.2) is 4.98 Å². The van der Waals surface area contributed by atoms with Crippen LogP contribution in [-0.2, 0) is 0 Å². The average Bonchev–Trinajstić information content (AvgIpc) is 2.36. The zero-order chi connectivity index (χ0) is 14.0. The monoisotopic (exact) mass is 295 g/mol. The molecule has 0 aliphatic carbocycles. The van der Waals surface area contributed by atoms with Gasteiger partial charge in [-0.3, -0.25) is 0 Å². The smallest absolute Gasteiger partial charge is 0.151 e. The first-order valence-corrected chi connectivity index (χ1v) is 6.72. The first kappa shape index (κ1) is 14.0. The Labute approximate surface area is 122 Å². The number of nitrogens with two attached hydrogens (primary N) is 1. The van der Waals surface area contributed by atoms with Crippen LogP contribution >= 0.6 is 23.2 Å². The van der Waals surface area contributed by atoms with Crippen LogP contribution in [0.5, 0.6) is 0 Å². The summed E-state index contributed by atoms with van der Waals surface area (Å²) >= 11 is 12.0. The number of nitrogens with zero attached hydrogens (tertiary/aromatic N) is 1. The zero-order valence-electron chi connectivity index (χ0n) is 10.7. The van der Waals surface area contributed by atoms with Crippen LogP contribution in [0.2, 0.25) is 10.0 Å². The van der Waals surface area contributed by atoms with E-state index in [1.807, 2.05) is 18.2 Å². The van der Waals surface area contributed by atoms with E-state index in [0.29, 0.717) is 21.8 Å². The Balaban J connectivity index is 2.39. The average molecular weight is 296 g/mol. The van der Waals surface area contributed by atoms with Crippen molar-refractivity contribution in [3.05, 3.63) is 45.9 Å². The summed E-state index contributed by atoms with van der Waals surface area (Å²) in [6.45, 7) is 4.26. The van der Waals surface area contributed by atoms with E-state index in [2.05, 4.69) is 30.2 Å². The second kappa shape index (κ2) is 5.68. The molecule has 100 valence electrons. The molecular formula is C14H15Cl2N3. The number of nitrogen functional groups attached to an aromatic ring is 1. The maximum absolute atomic E-state index is 6.12. The van der Waals surface area contributed by atoms with Gasteiger partial charge in [0.25, 0.3) is 0 Å². The van der Waals surface area contributed by atoms with Gasteiger partial charge >= 0.3 is 0 Å². The van der Waals surface area contributed by atoms with E-state index in [-0.39, 0.29) is 5.82 Å². The van der Waals surface area contributed by atoms with Gasteiger partial charge in [-0.05, 0) is 23.6 Å². The molecule has 0 atom stereocenters. The van der Waals surface area contributed by atoms with E-state index in [9.17, 15) is 0 Å². The van der Waals surface area contributed by atoms with Crippen LogP contribution < -0.4 is 11.1 Å². The second-order valence-electron chi connectivity index (χ2n) is 4.55. The summed E-state index contributed by atoms with van der Waals surface area (Å²) in [4.78, 5) is 4.17. The molecule has 1 heterocycles. The number of rotatable bonds is 3. The molecule has 3 nitrogen and oxygen atoms in total. The Kier molecular flexibility index (Phi) is 4.17. The Morgan fingerprint density at radius 1 is 1.16 bits per heavy atom. The molecular weight excluding hydrogens is 281 g/mol. The number of anilines is 3. The minimum absolute atomic E-state index is 0.260. The van der Waals surface area contributed by atoms with E-state index >= 15 is 0 Å². The first-order valence-electron chi connectivity index (χ1n) is 5.96. The molecule has 0 spiro atoms. The SMILES string of the molecule is CC(C)c1ccccc1Nc1nc(N)c(Cl)cc1Cl. The van der Waals surface area contributed by atoms with Crippen molar-refractivity contribution in [2.45, 2.75) is 19.8 Å². The molecule has 0 aliphatic rings. The summed E-state index contributed by atoms with van der Waals surface area (Å²) in [5, 5.41) is 4.01. The summed E-state index contributed by atoms with van der Waals surface area (Å²) in [5.41, 5.74) is 7.85. The molecule has 1 aromatic carbocycles. The molecule has 0 unspecified atom stereocenters. The Bertz CT molecular complexity index is 597. The molecule has 0 aliphatic heterocycles. The van der Waals surface area contributed by atoms with Gasteiger partial charge in [-0.1, -0.05) is 55.2 Å². The van der Waals surface area contributed by atoms with E-state index in [4.69, 9.17) is 28.9 Å². The molecule has 0 fully saturated rings. The minimum atomic E-state index is 0.260. The Morgan fingerprint density at radius 3 is 2.53 bits per heavy atom. The number of hydrogen-bond acceptors (Lipinski definition) is 3. The lowest BCUT2D eigenvalue weighted by atomic mass is 10.0. The van der Waals surface area contributed by atoms with E-state index in [1.165, 1.54) is 5.56 Å². The fourth-order valence-corrected chi connectivity index (χ4v) is 2.22. The Morgan fingerprint density at radius 2 is 1.84 bits per heavy atom. The molecule has 2 aromatic rings. The predicted molar refractivity (Wildman–Crippen MR) is 82.5 cm³/mol. The van der Waals surface area contributed by atoms with Crippen LogP contribution in [0.4, 0.5) is 17.3 Å². The lowest BCUT2D eigenvalue weighted by Gasteiger charge is -2.15. The maximum Gasteiger partial charge on any atom is 0.151 e. The topological polar surface area (TPSA) is 50.9 Å². The molecule has 0 bridgehead atoms. The minimum Gasteiger partial charge on any atom is -0.382 e. The fourth-order valence-electron chi connectivity index (χ4n) is 1.81. The van der Waals surface area contributed by atoms with Crippen LogP contribution in [0.25, 0.3) is 0 Å². The largest absolute Gasteiger partial charge is 0.382 e. The second-order valence-corrected chi connectivity index (χ2v) is 5.37. The van der Waals surface area contributed by atoms with Gasteiger partial charge in [0.2, 0.25) is 0 Å². The molecule has 5 heteroatoms. The Hall–Kier alpha value is -1.45. The quantitative estimate of drug-likeness (QED) is 0.852. The van der Waals surface area contributed by atoms with Gasteiger partial charge in [-0.2, -0.15) is 0 Å². The summed E-state index contributed by atoms with van der Waals surface area (Å²) < 4.78 is 0. The van der Waals surface area contributed by atoms with Crippen LogP contribution in [0, 0.1) is 0 Å². The molecule has 19 heavy (non-hydrogen) atoms.